The van der Waals surface area contributed by atoms with Crippen LogP contribution in [-0.2, 0) is 6.54 Å². The van der Waals surface area contributed by atoms with Gasteiger partial charge in [0.25, 0.3) is 11.5 Å². The van der Waals surface area contributed by atoms with Crippen LogP contribution in [0.5, 0.6) is 0 Å². The summed E-state index contributed by atoms with van der Waals surface area (Å²) in [6, 6.07) is 12.3. The second-order valence-corrected chi connectivity index (χ2v) is 4.76. The van der Waals surface area contributed by atoms with E-state index < -0.39 is 0 Å². The number of nitrogens with two attached hydrogens (primary N) is 1. The number of pyridine rings is 1. The molecule has 2 aromatic rings. The number of nitrogens with zero attached hydrogens (tertiary/aromatic N) is 1. The van der Waals surface area contributed by atoms with Crippen LogP contribution in [0.25, 0.3) is 0 Å². The Kier molecular flexibility index (Phi) is 5.29. The van der Waals surface area contributed by atoms with Crippen LogP contribution in [0.1, 0.15) is 22.3 Å². The smallest absolute Gasteiger partial charge is 0.251 e. The van der Waals surface area contributed by atoms with Gasteiger partial charge in [0, 0.05) is 24.4 Å². The van der Waals surface area contributed by atoms with Crippen molar-refractivity contribution in [1.82, 2.24) is 9.88 Å². The van der Waals surface area contributed by atoms with E-state index in [1.165, 1.54) is 6.07 Å². The van der Waals surface area contributed by atoms with Crippen LogP contribution in [0, 0.1) is 0 Å². The first-order chi connectivity index (χ1) is 10.2. The number of rotatable bonds is 6. The summed E-state index contributed by atoms with van der Waals surface area (Å²) in [7, 11) is 0. The average Bonchev–Trinajstić information content (AvgIpc) is 2.50. The van der Waals surface area contributed by atoms with Gasteiger partial charge in [-0.1, -0.05) is 18.2 Å². The number of nitrogens with one attached hydrogen (secondary N) is 1. The maximum absolute atomic E-state index is 11.8. The molecule has 1 aromatic carbocycles. The molecular weight excluding hydrogens is 266 g/mol. The second-order valence-electron chi connectivity index (χ2n) is 4.76. The van der Waals surface area contributed by atoms with Gasteiger partial charge < -0.3 is 15.6 Å². The number of hydrogen-bond donors (Lipinski definition) is 2. The molecule has 0 unspecified atom stereocenters. The molecule has 0 fully saturated rings. The van der Waals surface area contributed by atoms with Gasteiger partial charge >= 0.3 is 0 Å². The standard InChI is InChI=1S/C16H19N3O2/c17-9-3-10-18-16(21)14-7-5-13(6-8-14)12-19-11-2-1-4-15(19)20/h1-2,4-8,11H,3,9-10,12,17H2,(H,18,21). The van der Waals surface area contributed by atoms with E-state index >= 15 is 0 Å². The van der Waals surface area contributed by atoms with Crippen molar-refractivity contribution in [2.45, 2.75) is 13.0 Å². The number of carbonyl (C=O) groups is 1. The molecule has 0 atom stereocenters. The molecule has 5 heteroatoms. The second kappa shape index (κ2) is 7.40. The van der Waals surface area contributed by atoms with Crippen LogP contribution >= 0.6 is 0 Å². The van der Waals surface area contributed by atoms with Crippen LogP contribution in [0.15, 0.2) is 53.5 Å². The minimum atomic E-state index is -0.105. The first-order valence-electron chi connectivity index (χ1n) is 6.93. The van der Waals surface area contributed by atoms with E-state index in [9.17, 15) is 9.59 Å². The van der Waals surface area contributed by atoms with Crippen molar-refractivity contribution in [3.63, 3.8) is 0 Å². The lowest BCUT2D eigenvalue weighted by Gasteiger charge is -2.07. The zero-order valence-electron chi connectivity index (χ0n) is 11.8. The van der Waals surface area contributed by atoms with Crippen LogP contribution in [0.2, 0.25) is 0 Å². The van der Waals surface area contributed by atoms with E-state index in [2.05, 4.69) is 5.32 Å². The molecule has 0 saturated carbocycles. The lowest BCUT2D eigenvalue weighted by molar-refractivity contribution is 0.0953. The Morgan fingerprint density at radius 3 is 2.57 bits per heavy atom. The summed E-state index contributed by atoms with van der Waals surface area (Å²) in [5.74, 6) is -0.105. The summed E-state index contributed by atoms with van der Waals surface area (Å²) in [5.41, 5.74) is 6.92. The first kappa shape index (κ1) is 15.0. The van der Waals surface area contributed by atoms with Crippen molar-refractivity contribution in [3.8, 4) is 0 Å². The summed E-state index contributed by atoms with van der Waals surface area (Å²) in [4.78, 5) is 23.5. The molecule has 1 heterocycles. The van der Waals surface area contributed by atoms with Crippen LogP contribution < -0.4 is 16.6 Å². The number of aromatic nitrogens is 1. The van der Waals surface area contributed by atoms with Crippen molar-refractivity contribution < 1.29 is 4.79 Å². The van der Waals surface area contributed by atoms with Crippen molar-refractivity contribution >= 4 is 5.91 Å². The molecule has 0 saturated heterocycles. The topological polar surface area (TPSA) is 77.1 Å². The maximum atomic E-state index is 11.8. The third-order valence-electron chi connectivity index (χ3n) is 3.13. The van der Waals surface area contributed by atoms with Crippen LogP contribution in [0.3, 0.4) is 0 Å². The highest BCUT2D eigenvalue weighted by Gasteiger charge is 2.04. The highest BCUT2D eigenvalue weighted by Crippen LogP contribution is 2.05. The fraction of sp³-hybridized carbons (Fsp3) is 0.250. The molecule has 0 aliphatic carbocycles. The summed E-state index contributed by atoms with van der Waals surface area (Å²) in [6.07, 6.45) is 2.51. The number of hydrogen-bond acceptors (Lipinski definition) is 3. The Bertz CT molecular complexity index is 647. The summed E-state index contributed by atoms with van der Waals surface area (Å²) >= 11 is 0. The maximum Gasteiger partial charge on any atom is 0.251 e. The van der Waals surface area contributed by atoms with Crippen LogP contribution in [-0.4, -0.2) is 23.6 Å². The largest absolute Gasteiger partial charge is 0.352 e. The zero-order valence-corrected chi connectivity index (χ0v) is 11.8. The Balaban J connectivity index is 2.00. The van der Waals surface area contributed by atoms with E-state index in [-0.39, 0.29) is 11.5 Å². The molecule has 0 aliphatic rings. The monoisotopic (exact) mass is 285 g/mol. The fourth-order valence-electron chi connectivity index (χ4n) is 1.96. The molecule has 110 valence electrons. The molecule has 1 amide bonds. The molecule has 0 bridgehead atoms. The number of benzene rings is 1. The van der Waals surface area contributed by atoms with Gasteiger partial charge in [-0.3, -0.25) is 9.59 Å². The highest BCUT2D eigenvalue weighted by molar-refractivity contribution is 5.94. The normalized spacial score (nSPS) is 10.3. The summed E-state index contributed by atoms with van der Waals surface area (Å²) in [5, 5.41) is 2.80. The Morgan fingerprint density at radius 1 is 1.14 bits per heavy atom. The number of amides is 1. The summed E-state index contributed by atoms with van der Waals surface area (Å²) < 4.78 is 1.62. The predicted octanol–water partition coefficient (Wildman–Crippen LogP) is 0.975. The lowest BCUT2D eigenvalue weighted by Crippen LogP contribution is -2.26. The lowest BCUT2D eigenvalue weighted by atomic mass is 10.1. The van der Waals surface area contributed by atoms with Gasteiger partial charge in [0.1, 0.15) is 0 Å². The molecule has 2 rings (SSSR count). The van der Waals surface area contributed by atoms with Gasteiger partial charge in [0.05, 0.1) is 6.54 Å². The Hall–Kier alpha value is -2.40. The molecule has 21 heavy (non-hydrogen) atoms. The Morgan fingerprint density at radius 2 is 1.90 bits per heavy atom. The van der Waals surface area contributed by atoms with E-state index in [1.54, 1.807) is 29.0 Å². The third-order valence-corrected chi connectivity index (χ3v) is 3.13. The molecule has 0 aliphatic heterocycles. The molecule has 0 radical (unpaired) electrons. The molecule has 5 nitrogen and oxygen atoms in total. The molecule has 0 spiro atoms. The predicted molar refractivity (Wildman–Crippen MR) is 82.3 cm³/mol. The average molecular weight is 285 g/mol. The minimum Gasteiger partial charge on any atom is -0.352 e. The van der Waals surface area contributed by atoms with Crippen molar-refractivity contribution in [1.29, 1.82) is 0 Å². The zero-order chi connectivity index (χ0) is 15.1. The van der Waals surface area contributed by atoms with Gasteiger partial charge in [0.2, 0.25) is 0 Å². The van der Waals surface area contributed by atoms with E-state index in [1.807, 2.05) is 18.2 Å². The van der Waals surface area contributed by atoms with E-state index in [4.69, 9.17) is 5.73 Å². The SMILES string of the molecule is NCCCNC(=O)c1ccc(Cn2ccccc2=O)cc1. The minimum absolute atomic E-state index is 0.0406. The molecular formula is C16H19N3O2. The molecule has 3 N–H and O–H groups in total. The highest BCUT2D eigenvalue weighted by atomic mass is 16.1. The quantitative estimate of drug-likeness (QED) is 0.777. The van der Waals surface area contributed by atoms with E-state index in [0.29, 0.717) is 25.2 Å². The fourth-order valence-corrected chi connectivity index (χ4v) is 1.96. The summed E-state index contributed by atoms with van der Waals surface area (Å²) in [6.45, 7) is 1.64. The molecule has 1 aromatic heterocycles. The van der Waals surface area contributed by atoms with Crippen molar-refractivity contribution in [3.05, 3.63) is 70.1 Å². The van der Waals surface area contributed by atoms with E-state index in [0.717, 1.165) is 12.0 Å². The van der Waals surface area contributed by atoms with Gasteiger partial charge in [-0.25, -0.2) is 0 Å². The van der Waals surface area contributed by atoms with Gasteiger partial charge in [0.15, 0.2) is 0 Å². The van der Waals surface area contributed by atoms with Gasteiger partial charge in [-0.05, 0) is 36.7 Å². The van der Waals surface area contributed by atoms with Gasteiger partial charge in [-0.2, -0.15) is 0 Å². The van der Waals surface area contributed by atoms with Gasteiger partial charge in [-0.15, -0.1) is 0 Å². The van der Waals surface area contributed by atoms with Crippen LogP contribution in [0.4, 0.5) is 0 Å². The van der Waals surface area contributed by atoms with Crippen molar-refractivity contribution in [2.75, 3.05) is 13.1 Å². The number of carbonyl (C=O) groups excluding carboxylic acids is 1. The van der Waals surface area contributed by atoms with Crippen molar-refractivity contribution in [2.24, 2.45) is 5.73 Å². The Labute approximate surface area is 123 Å². The first-order valence-corrected chi connectivity index (χ1v) is 6.93. The third kappa shape index (κ3) is 4.29.